The van der Waals surface area contributed by atoms with Crippen LogP contribution in [-0.4, -0.2) is 22.4 Å². The molecule has 0 saturated carbocycles. The van der Waals surface area contributed by atoms with Gasteiger partial charge >= 0.3 is 0 Å². The molecule has 0 spiro atoms. The molecule has 1 aromatic carbocycles. The quantitative estimate of drug-likeness (QED) is 0.889. The minimum Gasteiger partial charge on any atom is -0.352 e. The number of aryl methyl sites for hydroxylation is 2. The van der Waals surface area contributed by atoms with Gasteiger partial charge in [0.1, 0.15) is 0 Å². The van der Waals surface area contributed by atoms with Crippen LogP contribution >= 0.6 is 0 Å². The summed E-state index contributed by atoms with van der Waals surface area (Å²) < 4.78 is 0. The molecule has 0 aliphatic rings. The monoisotopic (exact) mass is 298 g/mol. The van der Waals surface area contributed by atoms with E-state index in [2.05, 4.69) is 34.4 Å². The molecule has 116 valence electrons. The Labute approximate surface area is 131 Å². The molecular formula is C17H22N4O. The summed E-state index contributed by atoms with van der Waals surface area (Å²) in [6.07, 6.45) is 0. The van der Waals surface area contributed by atoms with Crippen LogP contribution in [0, 0.1) is 19.8 Å². The topological polar surface area (TPSA) is 66.9 Å². The molecule has 0 atom stereocenters. The zero-order valence-corrected chi connectivity index (χ0v) is 13.5. The van der Waals surface area contributed by atoms with Gasteiger partial charge in [-0.1, -0.05) is 19.9 Å². The molecule has 0 aliphatic carbocycles. The minimum absolute atomic E-state index is 0.0707. The van der Waals surface area contributed by atoms with Gasteiger partial charge in [0, 0.05) is 29.2 Å². The summed E-state index contributed by atoms with van der Waals surface area (Å²) in [5.74, 6) is 0.893. The van der Waals surface area contributed by atoms with Crippen LogP contribution < -0.4 is 10.6 Å². The van der Waals surface area contributed by atoms with Crippen molar-refractivity contribution in [2.45, 2.75) is 27.7 Å². The lowest BCUT2D eigenvalue weighted by atomic mass is 10.1. The smallest absolute Gasteiger partial charge is 0.251 e. The Morgan fingerprint density at radius 1 is 1.14 bits per heavy atom. The van der Waals surface area contributed by atoms with Gasteiger partial charge in [-0.2, -0.15) is 0 Å². The second-order valence-corrected chi connectivity index (χ2v) is 5.78. The summed E-state index contributed by atoms with van der Waals surface area (Å²) in [7, 11) is 0. The largest absolute Gasteiger partial charge is 0.352 e. The summed E-state index contributed by atoms with van der Waals surface area (Å²) in [4.78, 5) is 20.8. The number of nitrogens with zero attached hydrogens (tertiary/aromatic N) is 2. The maximum atomic E-state index is 12.1. The molecule has 5 heteroatoms. The van der Waals surface area contributed by atoms with Crippen LogP contribution in [0.15, 0.2) is 30.3 Å². The molecule has 0 fully saturated rings. The van der Waals surface area contributed by atoms with E-state index in [4.69, 9.17) is 0 Å². The molecule has 5 nitrogen and oxygen atoms in total. The highest BCUT2D eigenvalue weighted by atomic mass is 16.1. The Bertz CT molecular complexity index is 647. The highest BCUT2D eigenvalue weighted by Crippen LogP contribution is 2.15. The second kappa shape index (κ2) is 7.02. The zero-order valence-electron chi connectivity index (χ0n) is 13.5. The van der Waals surface area contributed by atoms with E-state index in [0.29, 0.717) is 24.0 Å². The van der Waals surface area contributed by atoms with Crippen LogP contribution in [-0.2, 0) is 0 Å². The van der Waals surface area contributed by atoms with Gasteiger partial charge in [0.2, 0.25) is 5.95 Å². The normalized spacial score (nSPS) is 10.6. The summed E-state index contributed by atoms with van der Waals surface area (Å²) in [5, 5.41) is 6.05. The first-order chi connectivity index (χ1) is 10.4. The van der Waals surface area contributed by atoms with Crippen molar-refractivity contribution in [1.29, 1.82) is 0 Å². The lowest BCUT2D eigenvalue weighted by Gasteiger charge is -2.10. The molecule has 0 aliphatic heterocycles. The number of amides is 1. The van der Waals surface area contributed by atoms with Gasteiger partial charge in [0.15, 0.2) is 0 Å². The number of aromatic nitrogens is 2. The Morgan fingerprint density at radius 3 is 2.45 bits per heavy atom. The Balaban J connectivity index is 2.12. The molecule has 1 amide bonds. The summed E-state index contributed by atoms with van der Waals surface area (Å²) >= 11 is 0. The highest BCUT2D eigenvalue weighted by molar-refractivity contribution is 5.95. The third kappa shape index (κ3) is 4.55. The fraction of sp³-hybridized carbons (Fsp3) is 0.353. The molecule has 1 aromatic heterocycles. The van der Waals surface area contributed by atoms with E-state index in [1.807, 2.05) is 32.0 Å². The third-order valence-electron chi connectivity index (χ3n) is 3.03. The first-order valence-electron chi connectivity index (χ1n) is 7.41. The van der Waals surface area contributed by atoms with Crippen LogP contribution in [0.5, 0.6) is 0 Å². The molecule has 1 heterocycles. The molecule has 2 aromatic rings. The number of anilines is 2. The van der Waals surface area contributed by atoms with Crippen molar-refractivity contribution in [3.8, 4) is 0 Å². The van der Waals surface area contributed by atoms with Crippen molar-refractivity contribution < 1.29 is 4.79 Å². The highest BCUT2D eigenvalue weighted by Gasteiger charge is 2.07. The van der Waals surface area contributed by atoms with Gasteiger partial charge in [-0.3, -0.25) is 4.79 Å². The van der Waals surface area contributed by atoms with Crippen LogP contribution in [0.2, 0.25) is 0 Å². The summed E-state index contributed by atoms with van der Waals surface area (Å²) in [6.45, 7) is 8.65. The Hall–Kier alpha value is -2.43. The van der Waals surface area contributed by atoms with E-state index in [-0.39, 0.29) is 5.91 Å². The van der Waals surface area contributed by atoms with Gasteiger partial charge in [-0.25, -0.2) is 9.97 Å². The molecule has 0 unspecified atom stereocenters. The van der Waals surface area contributed by atoms with Gasteiger partial charge in [-0.15, -0.1) is 0 Å². The first-order valence-corrected chi connectivity index (χ1v) is 7.41. The number of benzene rings is 1. The fourth-order valence-corrected chi connectivity index (χ4v) is 2.05. The second-order valence-electron chi connectivity index (χ2n) is 5.78. The average Bonchev–Trinajstić information content (AvgIpc) is 2.44. The van der Waals surface area contributed by atoms with E-state index in [0.717, 1.165) is 17.1 Å². The Kier molecular flexibility index (Phi) is 5.09. The maximum absolute atomic E-state index is 12.1. The zero-order chi connectivity index (χ0) is 16.1. The molecule has 0 saturated heterocycles. The molecule has 0 radical (unpaired) electrons. The average molecular weight is 298 g/mol. The van der Waals surface area contributed by atoms with Crippen molar-refractivity contribution in [2.24, 2.45) is 5.92 Å². The van der Waals surface area contributed by atoms with Crippen molar-refractivity contribution in [3.05, 3.63) is 47.3 Å². The number of hydrogen-bond donors (Lipinski definition) is 2. The SMILES string of the molecule is Cc1cc(C)nc(Nc2cccc(C(=O)NCC(C)C)c2)n1. The van der Waals surface area contributed by atoms with Crippen LogP contribution in [0.4, 0.5) is 11.6 Å². The van der Waals surface area contributed by atoms with E-state index in [1.54, 1.807) is 12.1 Å². The van der Waals surface area contributed by atoms with E-state index in [1.165, 1.54) is 0 Å². The van der Waals surface area contributed by atoms with Crippen LogP contribution in [0.25, 0.3) is 0 Å². The predicted octanol–water partition coefficient (Wildman–Crippen LogP) is 3.22. The van der Waals surface area contributed by atoms with E-state index < -0.39 is 0 Å². The first kappa shape index (κ1) is 15.9. The number of nitrogens with one attached hydrogen (secondary N) is 2. The summed E-state index contributed by atoms with van der Waals surface area (Å²) in [6, 6.07) is 9.25. The van der Waals surface area contributed by atoms with Crippen molar-refractivity contribution in [2.75, 3.05) is 11.9 Å². The van der Waals surface area contributed by atoms with Gasteiger partial charge < -0.3 is 10.6 Å². The Morgan fingerprint density at radius 2 is 1.82 bits per heavy atom. The number of hydrogen-bond acceptors (Lipinski definition) is 4. The molecule has 22 heavy (non-hydrogen) atoms. The van der Waals surface area contributed by atoms with Crippen LogP contribution in [0.3, 0.4) is 0 Å². The van der Waals surface area contributed by atoms with Crippen molar-refractivity contribution in [3.63, 3.8) is 0 Å². The number of rotatable bonds is 5. The van der Waals surface area contributed by atoms with E-state index >= 15 is 0 Å². The van der Waals surface area contributed by atoms with Crippen molar-refractivity contribution >= 4 is 17.5 Å². The lowest BCUT2D eigenvalue weighted by Crippen LogP contribution is -2.27. The van der Waals surface area contributed by atoms with E-state index in [9.17, 15) is 4.79 Å². The number of carbonyl (C=O) groups is 1. The third-order valence-corrected chi connectivity index (χ3v) is 3.03. The van der Waals surface area contributed by atoms with Gasteiger partial charge in [0.05, 0.1) is 0 Å². The maximum Gasteiger partial charge on any atom is 0.251 e. The number of carbonyl (C=O) groups excluding carboxylic acids is 1. The van der Waals surface area contributed by atoms with Crippen LogP contribution in [0.1, 0.15) is 35.6 Å². The molecule has 2 rings (SSSR count). The van der Waals surface area contributed by atoms with Gasteiger partial charge in [-0.05, 0) is 44.0 Å². The predicted molar refractivity (Wildman–Crippen MR) is 88.4 cm³/mol. The fourth-order valence-electron chi connectivity index (χ4n) is 2.05. The molecule has 2 N–H and O–H groups in total. The van der Waals surface area contributed by atoms with Crippen molar-refractivity contribution in [1.82, 2.24) is 15.3 Å². The molecule has 0 bridgehead atoms. The van der Waals surface area contributed by atoms with Gasteiger partial charge in [0.25, 0.3) is 5.91 Å². The lowest BCUT2D eigenvalue weighted by molar-refractivity contribution is 0.0949. The standard InChI is InChI=1S/C17H22N4O/c1-11(2)10-18-16(22)14-6-5-7-15(9-14)21-17-19-12(3)8-13(4)20-17/h5-9,11H,10H2,1-4H3,(H,18,22)(H,19,20,21). The minimum atomic E-state index is -0.0707. The summed E-state index contributed by atoms with van der Waals surface area (Å²) in [5.41, 5.74) is 3.22. The molecular weight excluding hydrogens is 276 g/mol.